The van der Waals surface area contributed by atoms with Gasteiger partial charge in [0.25, 0.3) is 0 Å². The largest absolute Gasteiger partial charge is 0.325 e. The molecule has 1 saturated heterocycles. The molecule has 0 bridgehead atoms. The predicted molar refractivity (Wildman–Crippen MR) is 122 cm³/mol. The van der Waals surface area contributed by atoms with Gasteiger partial charge in [0, 0.05) is 42.6 Å². The van der Waals surface area contributed by atoms with Gasteiger partial charge in [-0.25, -0.2) is 0 Å². The first-order valence-electron chi connectivity index (χ1n) is 10.2. The Morgan fingerprint density at radius 3 is 2.27 bits per heavy atom. The molecule has 1 aliphatic heterocycles. The van der Waals surface area contributed by atoms with Gasteiger partial charge in [-0.2, -0.15) is 0 Å². The third kappa shape index (κ3) is 5.81. The highest BCUT2D eigenvalue weighted by molar-refractivity contribution is 6.30. The molecule has 1 unspecified atom stereocenters. The summed E-state index contributed by atoms with van der Waals surface area (Å²) in [5.74, 6) is -0.0638. The number of nitrogens with one attached hydrogen (secondary N) is 2. The summed E-state index contributed by atoms with van der Waals surface area (Å²) in [5, 5.41) is 6.55. The Hall–Kier alpha value is -2.41. The van der Waals surface area contributed by atoms with E-state index in [4.69, 9.17) is 11.6 Å². The van der Waals surface area contributed by atoms with Gasteiger partial charge in [0.05, 0.1) is 12.6 Å². The van der Waals surface area contributed by atoms with Crippen molar-refractivity contribution in [1.29, 1.82) is 0 Å². The van der Waals surface area contributed by atoms with Crippen molar-refractivity contribution >= 4 is 34.8 Å². The summed E-state index contributed by atoms with van der Waals surface area (Å²) in [6, 6.07) is 12.9. The lowest BCUT2D eigenvalue weighted by atomic mass is 10.1. The minimum absolute atomic E-state index is 0.00685. The summed E-state index contributed by atoms with van der Waals surface area (Å²) in [7, 11) is 0. The number of halogens is 1. The molecule has 2 aromatic carbocycles. The van der Waals surface area contributed by atoms with Gasteiger partial charge < -0.3 is 10.6 Å². The van der Waals surface area contributed by atoms with Gasteiger partial charge in [-0.3, -0.25) is 19.4 Å². The molecule has 1 fully saturated rings. The minimum atomic E-state index is -0.255. The molecule has 3 rings (SSSR count). The van der Waals surface area contributed by atoms with Crippen molar-refractivity contribution in [3.8, 4) is 0 Å². The van der Waals surface area contributed by atoms with E-state index in [0.717, 1.165) is 43.0 Å². The fourth-order valence-corrected chi connectivity index (χ4v) is 3.87. The van der Waals surface area contributed by atoms with Crippen molar-refractivity contribution in [2.75, 3.05) is 43.4 Å². The molecule has 2 N–H and O–H groups in total. The van der Waals surface area contributed by atoms with E-state index in [1.165, 1.54) is 0 Å². The van der Waals surface area contributed by atoms with Crippen molar-refractivity contribution < 1.29 is 9.59 Å². The van der Waals surface area contributed by atoms with E-state index in [2.05, 4.69) is 20.4 Å². The Bertz CT molecular complexity index is 890. The standard InChI is InChI=1S/C23H29ClN4O2/c1-16-6-4-7-17(2)22(16)26-21(29)15-27-10-12-28(13-11-27)18(3)23(30)25-20-9-5-8-19(24)14-20/h4-9,14,18H,10-13,15H2,1-3H3,(H,25,30)(H,26,29). The first-order valence-corrected chi connectivity index (χ1v) is 10.6. The number of carbonyl (C=O) groups excluding carboxylic acids is 2. The zero-order valence-electron chi connectivity index (χ0n) is 17.7. The molecule has 6 nitrogen and oxygen atoms in total. The average Bonchev–Trinajstić information content (AvgIpc) is 2.71. The van der Waals surface area contributed by atoms with Gasteiger partial charge in [-0.1, -0.05) is 35.9 Å². The number of anilines is 2. The van der Waals surface area contributed by atoms with Crippen molar-refractivity contribution in [2.24, 2.45) is 0 Å². The van der Waals surface area contributed by atoms with Crippen LogP contribution in [0.25, 0.3) is 0 Å². The van der Waals surface area contributed by atoms with E-state index in [-0.39, 0.29) is 17.9 Å². The maximum absolute atomic E-state index is 12.6. The molecule has 1 atom stereocenters. The molecular formula is C23H29ClN4O2. The number of benzene rings is 2. The molecule has 1 aliphatic rings. The molecule has 0 radical (unpaired) electrons. The molecule has 2 amide bonds. The molecule has 0 spiro atoms. The minimum Gasteiger partial charge on any atom is -0.325 e. The monoisotopic (exact) mass is 428 g/mol. The van der Waals surface area contributed by atoms with E-state index in [1.807, 2.05) is 51.1 Å². The average molecular weight is 429 g/mol. The van der Waals surface area contributed by atoms with Gasteiger partial charge in [0.15, 0.2) is 0 Å². The van der Waals surface area contributed by atoms with E-state index < -0.39 is 0 Å². The number of piperazine rings is 1. The molecule has 30 heavy (non-hydrogen) atoms. The molecule has 1 heterocycles. The van der Waals surface area contributed by atoms with Crippen LogP contribution in [0.2, 0.25) is 5.02 Å². The second-order valence-corrected chi connectivity index (χ2v) is 8.24. The molecule has 7 heteroatoms. The van der Waals surface area contributed by atoms with Crippen molar-refractivity contribution in [3.05, 3.63) is 58.6 Å². The Morgan fingerprint density at radius 2 is 1.63 bits per heavy atom. The number of carbonyl (C=O) groups is 2. The Kier molecular flexibility index (Phi) is 7.48. The third-order valence-corrected chi connectivity index (χ3v) is 5.77. The molecule has 0 aliphatic carbocycles. The zero-order chi connectivity index (χ0) is 21.7. The molecule has 0 aromatic heterocycles. The summed E-state index contributed by atoms with van der Waals surface area (Å²) < 4.78 is 0. The molecular weight excluding hydrogens is 400 g/mol. The van der Waals surface area contributed by atoms with Gasteiger partial charge in [-0.15, -0.1) is 0 Å². The van der Waals surface area contributed by atoms with Gasteiger partial charge in [0.1, 0.15) is 0 Å². The van der Waals surface area contributed by atoms with E-state index >= 15 is 0 Å². The highest BCUT2D eigenvalue weighted by Crippen LogP contribution is 2.19. The summed E-state index contributed by atoms with van der Waals surface area (Å²) in [5.41, 5.74) is 3.72. The Morgan fingerprint density at radius 1 is 1.00 bits per heavy atom. The smallest absolute Gasteiger partial charge is 0.241 e. The van der Waals surface area contributed by atoms with Crippen molar-refractivity contribution in [2.45, 2.75) is 26.8 Å². The number of hydrogen-bond acceptors (Lipinski definition) is 4. The highest BCUT2D eigenvalue weighted by atomic mass is 35.5. The first-order chi connectivity index (χ1) is 14.3. The SMILES string of the molecule is Cc1cccc(C)c1NC(=O)CN1CCN(C(C)C(=O)Nc2cccc(Cl)c2)CC1. The topological polar surface area (TPSA) is 64.7 Å². The lowest BCUT2D eigenvalue weighted by Crippen LogP contribution is -2.53. The van der Waals surface area contributed by atoms with Crippen LogP contribution in [0.1, 0.15) is 18.1 Å². The molecule has 160 valence electrons. The predicted octanol–water partition coefficient (Wildman–Crippen LogP) is 3.54. The van der Waals surface area contributed by atoms with E-state index in [1.54, 1.807) is 12.1 Å². The second kappa shape index (κ2) is 10.1. The maximum atomic E-state index is 12.6. The van der Waals surface area contributed by atoms with E-state index in [9.17, 15) is 9.59 Å². The lowest BCUT2D eigenvalue weighted by Gasteiger charge is -2.37. The van der Waals surface area contributed by atoms with Crippen molar-refractivity contribution in [3.63, 3.8) is 0 Å². The summed E-state index contributed by atoms with van der Waals surface area (Å²) in [6.07, 6.45) is 0. The maximum Gasteiger partial charge on any atom is 0.241 e. The Balaban J connectivity index is 1.47. The van der Waals surface area contributed by atoms with Crippen LogP contribution in [0.15, 0.2) is 42.5 Å². The van der Waals surface area contributed by atoms with Crippen molar-refractivity contribution in [1.82, 2.24) is 9.80 Å². The van der Waals surface area contributed by atoms with E-state index in [0.29, 0.717) is 17.3 Å². The molecule has 2 aromatic rings. The third-order valence-electron chi connectivity index (χ3n) is 5.54. The number of aryl methyl sites for hydroxylation is 2. The van der Waals surface area contributed by atoms with Crippen LogP contribution in [0.3, 0.4) is 0 Å². The number of hydrogen-bond donors (Lipinski definition) is 2. The van der Waals surface area contributed by atoms with Crippen LogP contribution in [0, 0.1) is 13.8 Å². The number of para-hydroxylation sites is 1. The highest BCUT2D eigenvalue weighted by Gasteiger charge is 2.26. The fourth-order valence-electron chi connectivity index (χ4n) is 3.68. The van der Waals surface area contributed by atoms with Crippen LogP contribution in [0.4, 0.5) is 11.4 Å². The zero-order valence-corrected chi connectivity index (χ0v) is 18.5. The number of amides is 2. The summed E-state index contributed by atoms with van der Waals surface area (Å²) in [6.45, 7) is 9.22. The van der Waals surface area contributed by atoms with Gasteiger partial charge in [0.2, 0.25) is 11.8 Å². The van der Waals surface area contributed by atoms with Crippen LogP contribution >= 0.6 is 11.6 Å². The van der Waals surface area contributed by atoms with Crippen LogP contribution in [0.5, 0.6) is 0 Å². The molecule has 0 saturated carbocycles. The summed E-state index contributed by atoms with van der Waals surface area (Å²) in [4.78, 5) is 29.3. The Labute approximate surface area is 183 Å². The quantitative estimate of drug-likeness (QED) is 0.738. The van der Waals surface area contributed by atoms with Crippen LogP contribution in [-0.2, 0) is 9.59 Å². The first kappa shape index (κ1) is 22.3. The summed E-state index contributed by atoms with van der Waals surface area (Å²) >= 11 is 5.98. The second-order valence-electron chi connectivity index (χ2n) is 7.80. The lowest BCUT2D eigenvalue weighted by molar-refractivity contribution is -0.122. The normalized spacial score (nSPS) is 16.1. The number of rotatable bonds is 6. The number of nitrogens with zero attached hydrogens (tertiary/aromatic N) is 2. The van der Waals surface area contributed by atoms with Crippen LogP contribution in [-0.4, -0.2) is 60.4 Å². The van der Waals surface area contributed by atoms with Gasteiger partial charge in [-0.05, 0) is 50.1 Å². The van der Waals surface area contributed by atoms with Crippen LogP contribution < -0.4 is 10.6 Å². The fraction of sp³-hybridized carbons (Fsp3) is 0.391. The van der Waals surface area contributed by atoms with Gasteiger partial charge >= 0.3 is 0 Å².